The zero-order chi connectivity index (χ0) is 14.0. The van der Waals surface area contributed by atoms with Gasteiger partial charge in [0.1, 0.15) is 30.2 Å². The van der Waals surface area contributed by atoms with Gasteiger partial charge in [0, 0.05) is 27.6 Å². The summed E-state index contributed by atoms with van der Waals surface area (Å²) < 4.78 is 11.9. The standard InChI is InChI=1S/C18H11BO2/c19-10-5-6-16-12(7-10)14-8-13-11-3-1-2-4-15(11)20-17(13)9-18(14)21-16/h1-9H,19H2. The van der Waals surface area contributed by atoms with E-state index in [9.17, 15) is 0 Å². The van der Waals surface area contributed by atoms with Gasteiger partial charge >= 0.3 is 0 Å². The Balaban J connectivity index is 2.03. The van der Waals surface area contributed by atoms with Crippen LogP contribution in [0.1, 0.15) is 0 Å². The first kappa shape index (κ1) is 11.0. The van der Waals surface area contributed by atoms with E-state index >= 15 is 0 Å². The van der Waals surface area contributed by atoms with E-state index < -0.39 is 0 Å². The molecular formula is C18H11BO2. The predicted molar refractivity (Wildman–Crippen MR) is 89.2 cm³/mol. The van der Waals surface area contributed by atoms with Crippen molar-refractivity contribution in [2.24, 2.45) is 0 Å². The van der Waals surface area contributed by atoms with Crippen molar-refractivity contribution in [2.45, 2.75) is 0 Å². The Kier molecular flexibility index (Phi) is 1.94. The molecule has 0 spiro atoms. The summed E-state index contributed by atoms with van der Waals surface area (Å²) in [5.74, 6) is 0. The van der Waals surface area contributed by atoms with Crippen molar-refractivity contribution in [3.05, 3.63) is 54.6 Å². The van der Waals surface area contributed by atoms with E-state index in [-0.39, 0.29) is 0 Å². The molecule has 3 heteroatoms. The number of hydrogen-bond donors (Lipinski definition) is 0. The molecule has 0 aliphatic rings. The van der Waals surface area contributed by atoms with E-state index in [4.69, 9.17) is 8.83 Å². The maximum Gasteiger partial charge on any atom is 0.139 e. The van der Waals surface area contributed by atoms with Crippen molar-refractivity contribution in [3.8, 4) is 0 Å². The van der Waals surface area contributed by atoms with Gasteiger partial charge in [-0.3, -0.25) is 0 Å². The minimum Gasteiger partial charge on any atom is -0.456 e. The highest BCUT2D eigenvalue weighted by molar-refractivity contribution is 6.33. The van der Waals surface area contributed by atoms with Crippen LogP contribution in [0.4, 0.5) is 0 Å². The Hall–Kier alpha value is -2.68. The monoisotopic (exact) mass is 270 g/mol. The molecule has 5 rings (SSSR count). The van der Waals surface area contributed by atoms with Gasteiger partial charge in [-0.25, -0.2) is 0 Å². The zero-order valence-corrected chi connectivity index (χ0v) is 11.5. The molecular weight excluding hydrogens is 259 g/mol. The average molecular weight is 270 g/mol. The lowest BCUT2D eigenvalue weighted by Gasteiger charge is -1.93. The first-order valence-electron chi connectivity index (χ1n) is 7.04. The van der Waals surface area contributed by atoms with E-state index in [0.717, 1.165) is 43.9 Å². The zero-order valence-electron chi connectivity index (χ0n) is 11.5. The average Bonchev–Trinajstić information content (AvgIpc) is 3.02. The van der Waals surface area contributed by atoms with Crippen molar-refractivity contribution in [2.75, 3.05) is 0 Å². The van der Waals surface area contributed by atoms with Gasteiger partial charge in [-0.1, -0.05) is 35.8 Å². The second-order valence-electron chi connectivity index (χ2n) is 5.54. The van der Waals surface area contributed by atoms with E-state index in [0.29, 0.717) is 0 Å². The molecule has 0 unspecified atom stereocenters. The highest BCUT2D eigenvalue weighted by atomic mass is 16.3. The largest absolute Gasteiger partial charge is 0.456 e. The summed E-state index contributed by atoms with van der Waals surface area (Å²) in [6.07, 6.45) is 0. The van der Waals surface area contributed by atoms with Crippen molar-refractivity contribution >= 4 is 57.2 Å². The van der Waals surface area contributed by atoms with E-state index in [2.05, 4.69) is 32.1 Å². The summed E-state index contributed by atoms with van der Waals surface area (Å²) in [6, 6.07) is 18.6. The predicted octanol–water partition coefficient (Wildman–Crippen LogP) is 3.74. The summed E-state index contributed by atoms with van der Waals surface area (Å²) in [4.78, 5) is 0. The number of hydrogen-bond acceptors (Lipinski definition) is 2. The van der Waals surface area contributed by atoms with Crippen LogP contribution in [-0.2, 0) is 0 Å². The molecule has 2 aromatic heterocycles. The van der Waals surface area contributed by atoms with E-state index in [1.165, 1.54) is 5.46 Å². The van der Waals surface area contributed by atoms with Crippen LogP contribution in [0, 0.1) is 0 Å². The summed E-state index contributed by atoms with van der Waals surface area (Å²) in [5.41, 5.74) is 4.83. The van der Waals surface area contributed by atoms with Crippen LogP contribution in [0.25, 0.3) is 43.9 Å². The molecule has 2 nitrogen and oxygen atoms in total. The fraction of sp³-hybridized carbons (Fsp3) is 0. The third kappa shape index (κ3) is 1.43. The molecule has 0 N–H and O–H groups in total. The lowest BCUT2D eigenvalue weighted by molar-refractivity contribution is 0.656. The van der Waals surface area contributed by atoms with Gasteiger partial charge in [0.15, 0.2) is 0 Å². The van der Waals surface area contributed by atoms with Gasteiger partial charge in [-0.05, 0) is 18.2 Å². The molecule has 0 atom stereocenters. The molecule has 21 heavy (non-hydrogen) atoms. The van der Waals surface area contributed by atoms with E-state index in [1.807, 2.05) is 30.3 Å². The Bertz CT molecular complexity index is 1150. The van der Waals surface area contributed by atoms with Gasteiger partial charge in [0.25, 0.3) is 0 Å². The lowest BCUT2D eigenvalue weighted by Crippen LogP contribution is -1.98. The Morgan fingerprint density at radius 1 is 0.571 bits per heavy atom. The van der Waals surface area contributed by atoms with Crippen molar-refractivity contribution in [1.29, 1.82) is 0 Å². The highest BCUT2D eigenvalue weighted by Crippen LogP contribution is 2.35. The van der Waals surface area contributed by atoms with Gasteiger partial charge in [0.05, 0.1) is 0 Å². The van der Waals surface area contributed by atoms with Crippen molar-refractivity contribution in [3.63, 3.8) is 0 Å². The minimum absolute atomic E-state index is 0.875. The molecule has 3 aromatic carbocycles. The van der Waals surface area contributed by atoms with E-state index in [1.54, 1.807) is 0 Å². The number of para-hydroxylation sites is 1. The van der Waals surface area contributed by atoms with Crippen LogP contribution in [0.5, 0.6) is 0 Å². The molecule has 0 radical (unpaired) electrons. The molecule has 0 saturated heterocycles. The number of rotatable bonds is 0. The molecule has 0 bridgehead atoms. The van der Waals surface area contributed by atoms with Crippen LogP contribution < -0.4 is 5.46 Å². The Morgan fingerprint density at radius 2 is 1.24 bits per heavy atom. The fourth-order valence-corrected chi connectivity index (χ4v) is 3.11. The molecule has 0 aliphatic carbocycles. The normalized spacial score (nSPS) is 12.0. The number of fused-ring (bicyclic) bond motifs is 6. The second kappa shape index (κ2) is 3.70. The van der Waals surface area contributed by atoms with Crippen LogP contribution >= 0.6 is 0 Å². The lowest BCUT2D eigenvalue weighted by atomic mass is 9.94. The van der Waals surface area contributed by atoms with Crippen molar-refractivity contribution in [1.82, 2.24) is 0 Å². The Morgan fingerprint density at radius 3 is 2.10 bits per heavy atom. The third-order valence-corrected chi connectivity index (χ3v) is 4.12. The van der Waals surface area contributed by atoms with Gasteiger partial charge < -0.3 is 8.83 Å². The number of furan rings is 2. The highest BCUT2D eigenvalue weighted by Gasteiger charge is 2.12. The smallest absolute Gasteiger partial charge is 0.139 e. The van der Waals surface area contributed by atoms with Crippen LogP contribution in [0.2, 0.25) is 0 Å². The molecule has 0 aliphatic heterocycles. The van der Waals surface area contributed by atoms with Crippen molar-refractivity contribution < 1.29 is 8.83 Å². The SMILES string of the molecule is Bc1ccc2oc3cc4oc5ccccc5c4cc3c2c1. The maximum absolute atomic E-state index is 5.95. The first-order valence-corrected chi connectivity index (χ1v) is 7.04. The van der Waals surface area contributed by atoms with Gasteiger partial charge in [-0.2, -0.15) is 0 Å². The summed E-state index contributed by atoms with van der Waals surface area (Å²) in [5, 5.41) is 4.60. The van der Waals surface area contributed by atoms with Gasteiger partial charge in [0.2, 0.25) is 0 Å². The van der Waals surface area contributed by atoms with Crippen LogP contribution in [0.3, 0.4) is 0 Å². The molecule has 98 valence electrons. The summed E-state index contributed by atoms with van der Waals surface area (Å²) in [6.45, 7) is 0. The molecule has 0 fully saturated rings. The summed E-state index contributed by atoms with van der Waals surface area (Å²) >= 11 is 0. The third-order valence-electron chi connectivity index (χ3n) is 4.12. The molecule has 5 aromatic rings. The molecule has 2 heterocycles. The number of benzene rings is 3. The van der Waals surface area contributed by atoms with Crippen LogP contribution in [0.15, 0.2) is 63.4 Å². The molecule has 0 saturated carbocycles. The van der Waals surface area contributed by atoms with Gasteiger partial charge in [-0.15, -0.1) is 0 Å². The molecule has 0 amide bonds. The quantitative estimate of drug-likeness (QED) is 0.401. The first-order chi connectivity index (χ1) is 10.3. The topological polar surface area (TPSA) is 26.3 Å². The Labute approximate surface area is 121 Å². The minimum atomic E-state index is 0.875. The fourth-order valence-electron chi connectivity index (χ4n) is 3.11. The second-order valence-corrected chi connectivity index (χ2v) is 5.54. The summed E-state index contributed by atoms with van der Waals surface area (Å²) in [7, 11) is 2.10. The maximum atomic E-state index is 5.95. The van der Waals surface area contributed by atoms with Crippen LogP contribution in [-0.4, -0.2) is 7.85 Å².